The van der Waals surface area contributed by atoms with Crippen LogP contribution < -0.4 is 0 Å². The Labute approximate surface area is 49.8 Å². The molecule has 0 bridgehead atoms. The average molecular weight is 116 g/mol. The minimum absolute atomic E-state index is 0.462. The van der Waals surface area contributed by atoms with Gasteiger partial charge in [-0.15, -0.1) is 0 Å². The Bertz CT molecular complexity index is 57.5. The molecule has 1 fully saturated rings. The van der Waals surface area contributed by atoms with Gasteiger partial charge >= 0.3 is 0 Å². The van der Waals surface area contributed by atoms with Gasteiger partial charge in [0.25, 0.3) is 0 Å². The lowest BCUT2D eigenvalue weighted by atomic mass is 10.2. The smallest absolute Gasteiger partial charge is 0.0615 e. The van der Waals surface area contributed by atoms with Crippen molar-refractivity contribution in [2.24, 2.45) is 0 Å². The molecule has 0 aromatic carbocycles. The molecule has 0 atom stereocenters. The van der Waals surface area contributed by atoms with Crippen LogP contribution in [0.25, 0.3) is 0 Å². The summed E-state index contributed by atoms with van der Waals surface area (Å²) in [6.45, 7) is 1.75. The molecule has 0 radical (unpaired) electrons. The monoisotopic (exact) mass is 116 g/mol. The van der Waals surface area contributed by atoms with Crippen molar-refractivity contribution < 1.29 is 9.47 Å². The maximum Gasteiger partial charge on any atom is 0.0615 e. The Morgan fingerprint density at radius 1 is 1.38 bits per heavy atom. The lowest BCUT2D eigenvalue weighted by Crippen LogP contribution is -2.21. The molecule has 2 nitrogen and oxygen atoms in total. The van der Waals surface area contributed by atoms with Crippen LogP contribution in [0.15, 0.2) is 0 Å². The average Bonchev–Trinajstić information content (AvgIpc) is 1.90. The van der Waals surface area contributed by atoms with Crippen LogP contribution in [0, 0.1) is 0 Å². The van der Waals surface area contributed by atoms with Crippen molar-refractivity contribution in [3.8, 4) is 0 Å². The molecule has 0 aliphatic carbocycles. The van der Waals surface area contributed by atoms with E-state index in [1.807, 2.05) is 0 Å². The van der Waals surface area contributed by atoms with Crippen molar-refractivity contribution >= 4 is 0 Å². The van der Waals surface area contributed by atoms with Crippen LogP contribution in [-0.4, -0.2) is 26.4 Å². The summed E-state index contributed by atoms with van der Waals surface area (Å²) in [5.41, 5.74) is 0. The normalized spacial score (nSPS) is 23.6. The Balaban J connectivity index is 2.13. The highest BCUT2D eigenvalue weighted by molar-refractivity contribution is 4.60. The first-order valence-corrected chi connectivity index (χ1v) is 3.04. The molecule has 0 saturated carbocycles. The van der Waals surface area contributed by atoms with Gasteiger partial charge in [-0.05, 0) is 12.8 Å². The number of hydrogen-bond donors (Lipinski definition) is 0. The van der Waals surface area contributed by atoms with Gasteiger partial charge in [-0.2, -0.15) is 0 Å². The van der Waals surface area contributed by atoms with Crippen molar-refractivity contribution in [1.29, 1.82) is 0 Å². The first kappa shape index (κ1) is 6.05. The van der Waals surface area contributed by atoms with E-state index >= 15 is 0 Å². The molecule has 0 amide bonds. The van der Waals surface area contributed by atoms with E-state index in [0.29, 0.717) is 6.10 Å². The summed E-state index contributed by atoms with van der Waals surface area (Å²) < 4.78 is 10.2. The van der Waals surface area contributed by atoms with E-state index in [4.69, 9.17) is 9.47 Å². The van der Waals surface area contributed by atoms with Crippen LogP contribution in [0.2, 0.25) is 0 Å². The molecule has 0 aromatic heterocycles. The summed E-state index contributed by atoms with van der Waals surface area (Å²) in [6, 6.07) is 0. The molecule has 48 valence electrons. The van der Waals surface area contributed by atoms with E-state index < -0.39 is 0 Å². The number of methoxy groups -OCH3 is 1. The molecule has 0 unspecified atom stereocenters. The summed E-state index contributed by atoms with van der Waals surface area (Å²) in [4.78, 5) is 0. The highest BCUT2D eigenvalue weighted by Crippen LogP contribution is 2.08. The Kier molecular flexibility index (Phi) is 2.30. The predicted octanol–water partition coefficient (Wildman–Crippen LogP) is 0.812. The van der Waals surface area contributed by atoms with Crippen LogP contribution in [0.1, 0.15) is 12.8 Å². The number of hydrogen-bond acceptors (Lipinski definition) is 2. The lowest BCUT2D eigenvalue weighted by Gasteiger charge is -2.19. The van der Waals surface area contributed by atoms with E-state index in [1.54, 1.807) is 7.11 Å². The number of rotatable bonds is 1. The molecule has 1 aliphatic heterocycles. The minimum Gasteiger partial charge on any atom is -0.381 e. The zero-order valence-electron chi connectivity index (χ0n) is 5.22. The maximum atomic E-state index is 5.12. The molecular formula is C6H12O2. The lowest BCUT2D eigenvalue weighted by molar-refractivity contribution is -0.00998. The molecular weight excluding hydrogens is 104 g/mol. The fourth-order valence-electron chi connectivity index (χ4n) is 0.912. The van der Waals surface area contributed by atoms with Gasteiger partial charge in [0, 0.05) is 20.3 Å². The van der Waals surface area contributed by atoms with Gasteiger partial charge in [-0.25, -0.2) is 0 Å². The first-order chi connectivity index (χ1) is 3.93. The van der Waals surface area contributed by atoms with Crippen molar-refractivity contribution in [3.05, 3.63) is 0 Å². The topological polar surface area (TPSA) is 18.5 Å². The second-order valence-corrected chi connectivity index (χ2v) is 2.05. The Morgan fingerprint density at radius 3 is 2.38 bits per heavy atom. The molecule has 8 heavy (non-hydrogen) atoms. The van der Waals surface area contributed by atoms with Crippen LogP contribution >= 0.6 is 0 Å². The fourth-order valence-corrected chi connectivity index (χ4v) is 0.912. The van der Waals surface area contributed by atoms with Gasteiger partial charge in [0.05, 0.1) is 6.10 Å². The van der Waals surface area contributed by atoms with Gasteiger partial charge < -0.3 is 9.47 Å². The third-order valence-electron chi connectivity index (χ3n) is 1.50. The summed E-state index contributed by atoms with van der Waals surface area (Å²) >= 11 is 0. The fraction of sp³-hybridized carbons (Fsp3) is 1.00. The summed E-state index contributed by atoms with van der Waals surface area (Å²) in [5, 5.41) is 0. The molecule has 2 heteroatoms. The molecule has 1 heterocycles. The van der Waals surface area contributed by atoms with Crippen molar-refractivity contribution in [1.82, 2.24) is 0 Å². The minimum atomic E-state index is 0.462. The summed E-state index contributed by atoms with van der Waals surface area (Å²) in [6.07, 6.45) is 2.59. The van der Waals surface area contributed by atoms with Crippen LogP contribution in [0.4, 0.5) is 0 Å². The molecule has 0 spiro atoms. The van der Waals surface area contributed by atoms with Crippen molar-refractivity contribution in [2.45, 2.75) is 18.9 Å². The SMILES string of the molecule is COC1CCOCC1. The molecule has 0 aromatic rings. The van der Waals surface area contributed by atoms with Gasteiger partial charge in [0.2, 0.25) is 0 Å². The van der Waals surface area contributed by atoms with E-state index in [-0.39, 0.29) is 0 Å². The van der Waals surface area contributed by atoms with Gasteiger partial charge in [-0.3, -0.25) is 0 Å². The summed E-state index contributed by atoms with van der Waals surface area (Å²) in [5.74, 6) is 0. The van der Waals surface area contributed by atoms with E-state index in [9.17, 15) is 0 Å². The Hall–Kier alpha value is -0.0800. The van der Waals surface area contributed by atoms with Crippen molar-refractivity contribution in [3.63, 3.8) is 0 Å². The van der Waals surface area contributed by atoms with Crippen LogP contribution in [0.5, 0.6) is 0 Å². The predicted molar refractivity (Wildman–Crippen MR) is 30.8 cm³/mol. The van der Waals surface area contributed by atoms with Crippen molar-refractivity contribution in [2.75, 3.05) is 20.3 Å². The Morgan fingerprint density at radius 2 is 2.00 bits per heavy atom. The molecule has 1 aliphatic rings. The largest absolute Gasteiger partial charge is 0.381 e. The van der Waals surface area contributed by atoms with Crippen LogP contribution in [0.3, 0.4) is 0 Å². The zero-order valence-corrected chi connectivity index (χ0v) is 5.22. The van der Waals surface area contributed by atoms with E-state index in [1.165, 1.54) is 0 Å². The summed E-state index contributed by atoms with van der Waals surface area (Å²) in [7, 11) is 1.76. The van der Waals surface area contributed by atoms with Gasteiger partial charge in [-0.1, -0.05) is 0 Å². The van der Waals surface area contributed by atoms with E-state index in [2.05, 4.69) is 0 Å². The highest BCUT2D eigenvalue weighted by Gasteiger charge is 2.10. The second kappa shape index (κ2) is 3.05. The third-order valence-corrected chi connectivity index (χ3v) is 1.50. The highest BCUT2D eigenvalue weighted by atomic mass is 16.5. The maximum absolute atomic E-state index is 5.12. The molecule has 1 rings (SSSR count). The van der Waals surface area contributed by atoms with Gasteiger partial charge in [0.15, 0.2) is 0 Å². The quantitative estimate of drug-likeness (QED) is 0.504. The van der Waals surface area contributed by atoms with Crippen LogP contribution in [-0.2, 0) is 9.47 Å². The second-order valence-electron chi connectivity index (χ2n) is 2.05. The molecule has 0 N–H and O–H groups in total. The van der Waals surface area contributed by atoms with Gasteiger partial charge in [0.1, 0.15) is 0 Å². The first-order valence-electron chi connectivity index (χ1n) is 3.04. The molecule has 1 saturated heterocycles. The number of ether oxygens (including phenoxy) is 2. The standard InChI is InChI=1S/C6H12O2/c1-7-6-2-4-8-5-3-6/h6H,2-5H2,1H3. The third kappa shape index (κ3) is 1.46. The van der Waals surface area contributed by atoms with E-state index in [0.717, 1.165) is 26.1 Å². The zero-order chi connectivity index (χ0) is 5.82.